The van der Waals surface area contributed by atoms with Gasteiger partial charge in [-0.25, -0.2) is 4.79 Å². The Kier molecular flexibility index (Phi) is 18.8. The normalized spacial score (nSPS) is 32.6. The lowest BCUT2D eigenvalue weighted by molar-refractivity contribution is -0.292. The van der Waals surface area contributed by atoms with E-state index in [-0.39, 0.29) is 31.8 Å². The molecule has 0 unspecified atom stereocenters. The summed E-state index contributed by atoms with van der Waals surface area (Å²) in [5, 5.41) is 59.4. The number of cyclic esters (lactones) is 1. The van der Waals surface area contributed by atoms with Crippen LogP contribution in [0.25, 0.3) is 0 Å². The monoisotopic (exact) mass is 664 g/mol. The van der Waals surface area contributed by atoms with Crippen LogP contribution in [0.4, 0.5) is 0 Å². The second-order valence-electron chi connectivity index (χ2n) is 11.2. The summed E-state index contributed by atoms with van der Waals surface area (Å²) in [6, 6.07) is 0. The van der Waals surface area contributed by atoms with Gasteiger partial charge < -0.3 is 49.6 Å². The van der Waals surface area contributed by atoms with Gasteiger partial charge in [0.15, 0.2) is 0 Å². The molecule has 0 amide bonds. The van der Waals surface area contributed by atoms with Gasteiger partial charge in [0.2, 0.25) is 6.29 Å². The van der Waals surface area contributed by atoms with Crippen LogP contribution in [0.5, 0.6) is 0 Å². The summed E-state index contributed by atoms with van der Waals surface area (Å²) in [4.78, 5) is 37.0. The molecule has 0 spiro atoms. The maximum Gasteiger partial charge on any atom is 0.331 e. The molecule has 9 atom stereocenters. The zero-order valence-electron chi connectivity index (χ0n) is 26.5. The zero-order chi connectivity index (χ0) is 34.6. The Morgan fingerprint density at radius 1 is 0.830 bits per heavy atom. The fourth-order valence-corrected chi connectivity index (χ4v) is 4.52. The fraction of sp³-hybridized carbons (Fsp3) is 0.559. The first-order valence-corrected chi connectivity index (χ1v) is 15.8. The van der Waals surface area contributed by atoms with Gasteiger partial charge in [-0.05, 0) is 38.7 Å². The number of aliphatic hydroxyl groups excluding tert-OH is 6. The van der Waals surface area contributed by atoms with E-state index >= 15 is 0 Å². The van der Waals surface area contributed by atoms with E-state index in [9.17, 15) is 45.0 Å². The Bertz CT molecular complexity index is 1140. The highest BCUT2D eigenvalue weighted by Gasteiger charge is 2.45. The van der Waals surface area contributed by atoms with E-state index in [0.29, 0.717) is 6.42 Å². The van der Waals surface area contributed by atoms with Crippen molar-refractivity contribution in [3.05, 3.63) is 72.9 Å². The number of aliphatic hydroxyl groups is 6. The van der Waals surface area contributed by atoms with Gasteiger partial charge >= 0.3 is 17.9 Å². The molecule has 0 aromatic rings. The van der Waals surface area contributed by atoms with Crippen LogP contribution < -0.4 is 0 Å². The quantitative estimate of drug-likeness (QED) is 0.175. The van der Waals surface area contributed by atoms with Crippen LogP contribution in [-0.4, -0.2) is 110 Å². The Morgan fingerprint density at radius 2 is 1.49 bits per heavy atom. The molecule has 13 nitrogen and oxygen atoms in total. The third-order valence-corrected chi connectivity index (χ3v) is 7.13. The number of esters is 3. The van der Waals surface area contributed by atoms with E-state index < -0.39 is 80.0 Å². The predicted molar refractivity (Wildman–Crippen MR) is 169 cm³/mol. The van der Waals surface area contributed by atoms with Gasteiger partial charge in [0.25, 0.3) is 0 Å². The van der Waals surface area contributed by atoms with Crippen LogP contribution in [0, 0.1) is 0 Å². The Hall–Kier alpha value is -3.43. The summed E-state index contributed by atoms with van der Waals surface area (Å²) in [5.41, 5.74) is 0. The van der Waals surface area contributed by atoms with E-state index in [1.54, 1.807) is 48.6 Å². The number of ether oxygens (including phenoxy) is 4. The third kappa shape index (κ3) is 16.3. The molecular formula is C34H48O13. The van der Waals surface area contributed by atoms with Gasteiger partial charge in [-0.15, -0.1) is 0 Å². The molecule has 2 rings (SSSR count). The molecule has 0 saturated carbocycles. The molecular weight excluding hydrogens is 616 g/mol. The lowest BCUT2D eigenvalue weighted by Gasteiger charge is -2.39. The Labute approximate surface area is 274 Å². The summed E-state index contributed by atoms with van der Waals surface area (Å²) >= 11 is 0. The highest BCUT2D eigenvalue weighted by atomic mass is 16.7. The second-order valence-corrected chi connectivity index (χ2v) is 11.2. The molecule has 0 aromatic carbocycles. The first-order chi connectivity index (χ1) is 22.5. The molecule has 262 valence electrons. The van der Waals surface area contributed by atoms with Gasteiger partial charge in [-0.2, -0.15) is 0 Å². The molecule has 2 heterocycles. The maximum atomic E-state index is 12.6. The number of carbonyl (C=O) groups is 3. The third-order valence-electron chi connectivity index (χ3n) is 7.13. The van der Waals surface area contributed by atoms with Gasteiger partial charge in [0, 0.05) is 18.9 Å². The highest BCUT2D eigenvalue weighted by molar-refractivity contribution is 5.82. The molecule has 0 aromatic heterocycles. The summed E-state index contributed by atoms with van der Waals surface area (Å²) in [5.74, 6) is -2.17. The molecule has 47 heavy (non-hydrogen) atoms. The van der Waals surface area contributed by atoms with Gasteiger partial charge in [-0.3, -0.25) is 9.59 Å². The fourth-order valence-electron chi connectivity index (χ4n) is 4.52. The minimum Gasteiger partial charge on any atom is -0.460 e. The SMILES string of the molecule is C[C@H]1CCCC=CC=C[C@H](O)C[C@@H](O)CC=CC=C[C@@H](OC(=O)CCC(=O)O[C@H]2O[C@@H](CO)[C@H](O)[C@@H](O)[C@@H]2O)C/C=C/C=CC(=O)O1. The van der Waals surface area contributed by atoms with E-state index in [1.807, 2.05) is 19.1 Å². The second kappa shape index (κ2) is 22.2. The molecule has 1 saturated heterocycles. The average molecular weight is 665 g/mol. The van der Waals surface area contributed by atoms with Crippen molar-refractivity contribution in [1.29, 1.82) is 0 Å². The standard InChI is InChI=1S/C34H48O13/c1-23-13-7-3-2-4-8-14-24(36)21-25(37)15-9-5-10-16-26(17-11-6-12-18-28(38)44-23)45-29(39)19-20-30(40)47-34-33(43)32(42)31(41)27(22-35)46-34/h2,4-6,8-12,14,16,18,23-27,31-37,41-43H,3,7,13,15,17,19-22H2,1H3/b4-2?,9-5?,11-6+,14-8?,16-10?,18-12?/t23-,24-,25-,26+,27-,31-,32+,33-,34+/m0/s1. The number of hydrogen-bond acceptors (Lipinski definition) is 13. The van der Waals surface area contributed by atoms with Crippen LogP contribution in [0.15, 0.2) is 72.9 Å². The summed E-state index contributed by atoms with van der Waals surface area (Å²) < 4.78 is 21.0. The van der Waals surface area contributed by atoms with Crippen molar-refractivity contribution in [2.75, 3.05) is 6.61 Å². The first kappa shape index (κ1) is 39.7. The lowest BCUT2D eigenvalue weighted by atomic mass is 9.99. The molecule has 13 heteroatoms. The molecule has 2 aliphatic rings. The number of allylic oxidation sites excluding steroid dienone is 7. The number of carbonyl (C=O) groups excluding carboxylic acids is 3. The van der Waals surface area contributed by atoms with Crippen LogP contribution in [0.1, 0.15) is 58.3 Å². The van der Waals surface area contributed by atoms with Crippen LogP contribution in [0.3, 0.4) is 0 Å². The number of hydrogen-bond donors (Lipinski definition) is 6. The van der Waals surface area contributed by atoms with Crippen molar-refractivity contribution in [3.8, 4) is 0 Å². The smallest absolute Gasteiger partial charge is 0.331 e. The Morgan fingerprint density at radius 3 is 2.23 bits per heavy atom. The van der Waals surface area contributed by atoms with Crippen LogP contribution in [-0.2, 0) is 33.3 Å². The van der Waals surface area contributed by atoms with Crippen molar-refractivity contribution in [2.45, 2.75) is 113 Å². The molecule has 0 radical (unpaired) electrons. The van der Waals surface area contributed by atoms with Crippen molar-refractivity contribution in [2.24, 2.45) is 0 Å². The minimum atomic E-state index is -1.77. The first-order valence-electron chi connectivity index (χ1n) is 15.8. The topological polar surface area (TPSA) is 210 Å². The van der Waals surface area contributed by atoms with E-state index in [1.165, 1.54) is 12.2 Å². The Balaban J connectivity index is 2.00. The number of rotatable bonds is 6. The minimum absolute atomic E-state index is 0.151. The van der Waals surface area contributed by atoms with Gasteiger partial charge in [0.1, 0.15) is 30.5 Å². The summed E-state index contributed by atoms with van der Waals surface area (Å²) in [6.07, 6.45) is 11.2. The molecule has 6 N–H and O–H groups in total. The molecule has 2 aliphatic heterocycles. The molecule has 1 fully saturated rings. The molecule has 0 bridgehead atoms. The van der Waals surface area contributed by atoms with Gasteiger partial charge in [-0.1, -0.05) is 60.8 Å². The zero-order valence-corrected chi connectivity index (χ0v) is 26.5. The summed E-state index contributed by atoms with van der Waals surface area (Å²) in [6.45, 7) is 1.12. The van der Waals surface area contributed by atoms with Crippen molar-refractivity contribution >= 4 is 17.9 Å². The van der Waals surface area contributed by atoms with Crippen molar-refractivity contribution in [3.63, 3.8) is 0 Å². The average Bonchev–Trinajstić information content (AvgIpc) is 3.02. The van der Waals surface area contributed by atoms with Crippen LogP contribution >= 0.6 is 0 Å². The van der Waals surface area contributed by atoms with Crippen molar-refractivity contribution < 1.29 is 64.0 Å². The van der Waals surface area contributed by atoms with E-state index in [0.717, 1.165) is 12.8 Å². The summed E-state index contributed by atoms with van der Waals surface area (Å²) in [7, 11) is 0. The van der Waals surface area contributed by atoms with Crippen LogP contribution in [0.2, 0.25) is 0 Å². The predicted octanol–water partition coefficient (Wildman–Crippen LogP) is 1.37. The van der Waals surface area contributed by atoms with Gasteiger partial charge in [0.05, 0.1) is 37.8 Å². The largest absolute Gasteiger partial charge is 0.460 e. The van der Waals surface area contributed by atoms with Crippen molar-refractivity contribution in [1.82, 2.24) is 0 Å². The molecule has 0 aliphatic carbocycles. The lowest BCUT2D eigenvalue weighted by Crippen LogP contribution is -2.59. The highest BCUT2D eigenvalue weighted by Crippen LogP contribution is 2.22. The van der Waals surface area contributed by atoms with E-state index in [4.69, 9.17) is 18.9 Å². The van der Waals surface area contributed by atoms with E-state index in [2.05, 4.69) is 0 Å². The maximum absolute atomic E-state index is 12.6.